The number of carboxylic acids is 1. The number of carboxylic acid groups (broad SMARTS) is 1. The molecular weight excluding hydrogens is 454 g/mol. The van der Waals surface area contributed by atoms with E-state index in [0.29, 0.717) is 23.5 Å². The van der Waals surface area contributed by atoms with E-state index in [1.165, 1.54) is 13.3 Å². The highest BCUT2D eigenvalue weighted by Crippen LogP contribution is 2.27. The Balaban J connectivity index is 1.96. The molecule has 0 heterocycles. The highest BCUT2D eigenvalue weighted by Gasteiger charge is 2.22. The lowest BCUT2D eigenvalue weighted by Crippen LogP contribution is -2.47. The third kappa shape index (κ3) is 9.36. The second-order valence-electron chi connectivity index (χ2n) is 8.13. The molecule has 10 heteroatoms. The number of rotatable bonds is 13. The van der Waals surface area contributed by atoms with E-state index in [1.807, 2.05) is 39.0 Å². The van der Waals surface area contributed by atoms with E-state index in [2.05, 4.69) is 15.8 Å². The molecule has 0 aliphatic heterocycles. The quantitative estimate of drug-likeness (QED) is 0.293. The Morgan fingerprint density at radius 1 is 1.03 bits per heavy atom. The Labute approximate surface area is 204 Å². The second kappa shape index (κ2) is 13.6. The monoisotopic (exact) mass is 485 g/mol. The van der Waals surface area contributed by atoms with Crippen LogP contribution in [-0.4, -0.2) is 55.5 Å². The number of aliphatic carboxylic acids is 1. The summed E-state index contributed by atoms with van der Waals surface area (Å²) in [5.41, 5.74) is 3.93. The molecule has 1 atom stereocenters. The van der Waals surface area contributed by atoms with Crippen LogP contribution in [0.2, 0.25) is 0 Å². The summed E-state index contributed by atoms with van der Waals surface area (Å²) in [4.78, 5) is 35.8. The first-order chi connectivity index (χ1) is 16.7. The van der Waals surface area contributed by atoms with Crippen LogP contribution in [0, 0.1) is 12.8 Å². The van der Waals surface area contributed by atoms with E-state index in [4.69, 9.17) is 19.3 Å². The van der Waals surface area contributed by atoms with Crippen LogP contribution in [0.1, 0.15) is 31.4 Å². The van der Waals surface area contributed by atoms with Crippen LogP contribution in [0.25, 0.3) is 0 Å². The Hall–Kier alpha value is -4.08. The number of hydrazone groups is 1. The lowest BCUT2D eigenvalue weighted by molar-refractivity contribution is -0.139. The summed E-state index contributed by atoms with van der Waals surface area (Å²) in [6.45, 7) is 5.05. The maximum Gasteiger partial charge on any atom is 0.341 e. The molecular formula is C25H31N3O7. The van der Waals surface area contributed by atoms with Crippen LogP contribution in [0.15, 0.2) is 47.6 Å². The SMILES string of the molecule is COc1cc(/C=N\NC(=O)[C@H](CC(C)C)NC(=O)COc2ccccc2C)ccc1OCC(=O)O. The van der Waals surface area contributed by atoms with Gasteiger partial charge in [-0.2, -0.15) is 5.10 Å². The number of nitrogens with zero attached hydrogens (tertiary/aromatic N) is 1. The average molecular weight is 486 g/mol. The number of nitrogens with one attached hydrogen (secondary N) is 2. The first kappa shape index (κ1) is 27.2. The maximum atomic E-state index is 12.7. The fourth-order valence-corrected chi connectivity index (χ4v) is 3.07. The van der Waals surface area contributed by atoms with Crippen molar-refractivity contribution in [2.24, 2.45) is 11.0 Å². The first-order valence-corrected chi connectivity index (χ1v) is 11.0. The van der Waals surface area contributed by atoms with Gasteiger partial charge in [0, 0.05) is 0 Å². The zero-order valence-electron chi connectivity index (χ0n) is 20.2. The minimum Gasteiger partial charge on any atom is -0.493 e. The van der Waals surface area contributed by atoms with E-state index in [-0.39, 0.29) is 18.3 Å². The Kier molecular flexibility index (Phi) is 10.5. The highest BCUT2D eigenvalue weighted by atomic mass is 16.5. The summed E-state index contributed by atoms with van der Waals surface area (Å²) in [6, 6.07) is 11.3. The van der Waals surface area contributed by atoms with Gasteiger partial charge in [0.1, 0.15) is 11.8 Å². The van der Waals surface area contributed by atoms with Gasteiger partial charge in [-0.3, -0.25) is 9.59 Å². The number of hydrogen-bond donors (Lipinski definition) is 3. The predicted molar refractivity (Wildman–Crippen MR) is 130 cm³/mol. The lowest BCUT2D eigenvalue weighted by Gasteiger charge is -2.19. The molecule has 0 aliphatic carbocycles. The molecule has 0 spiro atoms. The zero-order chi connectivity index (χ0) is 25.8. The molecule has 0 radical (unpaired) electrons. The number of ether oxygens (including phenoxy) is 3. The molecule has 10 nitrogen and oxygen atoms in total. The molecule has 2 rings (SSSR count). The maximum absolute atomic E-state index is 12.7. The number of methoxy groups -OCH3 is 1. The number of carbonyl (C=O) groups is 3. The molecule has 0 bridgehead atoms. The lowest BCUT2D eigenvalue weighted by atomic mass is 10.0. The number of aryl methyl sites for hydroxylation is 1. The van der Waals surface area contributed by atoms with Gasteiger partial charge in [0.2, 0.25) is 0 Å². The van der Waals surface area contributed by atoms with Crippen molar-refractivity contribution in [2.75, 3.05) is 20.3 Å². The van der Waals surface area contributed by atoms with Gasteiger partial charge < -0.3 is 24.6 Å². The molecule has 0 fully saturated rings. The summed E-state index contributed by atoms with van der Waals surface area (Å²) in [7, 11) is 1.42. The molecule has 35 heavy (non-hydrogen) atoms. The van der Waals surface area contributed by atoms with Crippen LogP contribution in [0.4, 0.5) is 0 Å². The van der Waals surface area contributed by atoms with E-state index in [1.54, 1.807) is 24.3 Å². The predicted octanol–water partition coefficient (Wildman–Crippen LogP) is 2.53. The minimum absolute atomic E-state index is 0.148. The normalized spacial score (nSPS) is 11.7. The Morgan fingerprint density at radius 3 is 2.40 bits per heavy atom. The number of para-hydroxylation sites is 1. The van der Waals surface area contributed by atoms with E-state index >= 15 is 0 Å². The van der Waals surface area contributed by atoms with Crippen LogP contribution in [0.5, 0.6) is 17.2 Å². The van der Waals surface area contributed by atoms with E-state index in [9.17, 15) is 14.4 Å². The van der Waals surface area contributed by atoms with Crippen LogP contribution in [-0.2, 0) is 14.4 Å². The van der Waals surface area contributed by atoms with E-state index in [0.717, 1.165) is 5.56 Å². The van der Waals surface area contributed by atoms with Gasteiger partial charge in [-0.1, -0.05) is 32.0 Å². The van der Waals surface area contributed by atoms with Crippen molar-refractivity contribution in [3.8, 4) is 17.2 Å². The first-order valence-electron chi connectivity index (χ1n) is 11.0. The van der Waals surface area contributed by atoms with Gasteiger partial charge in [0.05, 0.1) is 13.3 Å². The minimum atomic E-state index is -1.11. The molecule has 3 N–H and O–H groups in total. The van der Waals surface area contributed by atoms with Gasteiger partial charge in [-0.15, -0.1) is 0 Å². The largest absolute Gasteiger partial charge is 0.493 e. The smallest absolute Gasteiger partial charge is 0.341 e. The van der Waals surface area contributed by atoms with Crippen molar-refractivity contribution >= 4 is 24.0 Å². The molecule has 0 aliphatic rings. The van der Waals surface area contributed by atoms with Crippen molar-refractivity contribution in [3.05, 3.63) is 53.6 Å². The average Bonchev–Trinajstić information content (AvgIpc) is 2.81. The molecule has 0 saturated carbocycles. The molecule has 2 amide bonds. The van der Waals surface area contributed by atoms with Crippen molar-refractivity contribution in [2.45, 2.75) is 33.2 Å². The fraction of sp³-hybridized carbons (Fsp3) is 0.360. The van der Waals surface area contributed by atoms with Crippen LogP contribution < -0.4 is 25.0 Å². The van der Waals surface area contributed by atoms with Crippen molar-refractivity contribution in [3.63, 3.8) is 0 Å². The standard InChI is InChI=1S/C25H31N3O7/c1-16(2)11-19(27-23(29)14-34-20-8-6-5-7-17(20)3)25(32)28-26-13-18-9-10-21(22(12-18)33-4)35-15-24(30)31/h5-10,12-13,16,19H,11,14-15H2,1-4H3,(H,27,29)(H,28,32)(H,30,31)/b26-13-/t19-/m0/s1. The number of benzene rings is 2. The molecule has 0 aromatic heterocycles. The third-order valence-corrected chi connectivity index (χ3v) is 4.74. The summed E-state index contributed by atoms with van der Waals surface area (Å²) in [5.74, 6) is -0.650. The fourth-order valence-electron chi connectivity index (χ4n) is 3.07. The number of amides is 2. The highest BCUT2D eigenvalue weighted by molar-refractivity contribution is 5.89. The Bertz CT molecular complexity index is 1050. The topological polar surface area (TPSA) is 136 Å². The Morgan fingerprint density at radius 2 is 1.74 bits per heavy atom. The summed E-state index contributed by atoms with van der Waals surface area (Å²) in [6.07, 6.45) is 1.82. The second-order valence-corrected chi connectivity index (χ2v) is 8.13. The third-order valence-electron chi connectivity index (χ3n) is 4.74. The van der Waals surface area contributed by atoms with Gasteiger partial charge in [0.25, 0.3) is 11.8 Å². The summed E-state index contributed by atoms with van der Waals surface area (Å²) >= 11 is 0. The van der Waals surface area contributed by atoms with Gasteiger partial charge in [-0.05, 0) is 54.7 Å². The van der Waals surface area contributed by atoms with Gasteiger partial charge >= 0.3 is 5.97 Å². The summed E-state index contributed by atoms with van der Waals surface area (Å²) in [5, 5.41) is 15.4. The molecule has 2 aromatic carbocycles. The van der Waals surface area contributed by atoms with Crippen molar-refractivity contribution in [1.29, 1.82) is 0 Å². The van der Waals surface area contributed by atoms with E-state index < -0.39 is 30.4 Å². The van der Waals surface area contributed by atoms with Crippen molar-refractivity contribution in [1.82, 2.24) is 10.7 Å². The van der Waals surface area contributed by atoms with Gasteiger partial charge in [-0.25, -0.2) is 10.2 Å². The molecule has 0 saturated heterocycles. The number of hydrogen-bond acceptors (Lipinski definition) is 7. The zero-order valence-corrected chi connectivity index (χ0v) is 20.2. The molecule has 188 valence electrons. The van der Waals surface area contributed by atoms with Crippen LogP contribution >= 0.6 is 0 Å². The van der Waals surface area contributed by atoms with Crippen molar-refractivity contribution < 1.29 is 33.7 Å². The van der Waals surface area contributed by atoms with Gasteiger partial charge in [0.15, 0.2) is 24.7 Å². The molecule has 2 aromatic rings. The number of carbonyl (C=O) groups excluding carboxylic acids is 2. The van der Waals surface area contributed by atoms with Crippen LogP contribution in [0.3, 0.4) is 0 Å². The summed E-state index contributed by atoms with van der Waals surface area (Å²) < 4.78 is 15.9. The molecule has 0 unspecified atom stereocenters.